The first kappa shape index (κ1) is 23.9. The van der Waals surface area contributed by atoms with Gasteiger partial charge in [0, 0.05) is 16.9 Å². The lowest BCUT2D eigenvalue weighted by molar-refractivity contribution is -0.143. The minimum Gasteiger partial charge on any atom is -0.316 e. The third kappa shape index (κ3) is 5.02. The highest BCUT2D eigenvalue weighted by molar-refractivity contribution is 8.16. The zero-order valence-corrected chi connectivity index (χ0v) is 17.9. The summed E-state index contributed by atoms with van der Waals surface area (Å²) in [6.45, 7) is 3.32. The van der Waals surface area contributed by atoms with Crippen LogP contribution in [0.15, 0.2) is 23.2 Å². The van der Waals surface area contributed by atoms with Crippen LogP contribution in [-0.2, 0) is 27.0 Å². The van der Waals surface area contributed by atoms with Gasteiger partial charge in [-0.15, -0.1) is 0 Å². The van der Waals surface area contributed by atoms with Crippen molar-refractivity contribution in [2.45, 2.75) is 43.9 Å². The highest BCUT2D eigenvalue weighted by atomic mass is 32.2. The maximum Gasteiger partial charge on any atom is 0.416 e. The van der Waals surface area contributed by atoms with E-state index in [9.17, 15) is 39.6 Å². The molecule has 31 heavy (non-hydrogen) atoms. The summed E-state index contributed by atoms with van der Waals surface area (Å²) in [5.74, 6) is -1.86. The second kappa shape index (κ2) is 7.98. The van der Waals surface area contributed by atoms with E-state index in [1.165, 1.54) is 0 Å². The zero-order valence-electron chi connectivity index (χ0n) is 16.3. The van der Waals surface area contributed by atoms with Crippen LogP contribution in [0.4, 0.5) is 32.0 Å². The molecule has 0 aliphatic carbocycles. The van der Waals surface area contributed by atoms with Crippen molar-refractivity contribution in [3.05, 3.63) is 29.3 Å². The Kier molecular flexibility index (Phi) is 6.15. The fourth-order valence-corrected chi connectivity index (χ4v) is 7.24. The zero-order chi connectivity index (χ0) is 23.4. The maximum absolute atomic E-state index is 13.3. The van der Waals surface area contributed by atoms with Crippen molar-refractivity contribution in [2.75, 3.05) is 16.4 Å². The first-order valence-electron chi connectivity index (χ1n) is 9.20. The largest absolute Gasteiger partial charge is 0.416 e. The molecule has 5 nitrogen and oxygen atoms in total. The summed E-state index contributed by atoms with van der Waals surface area (Å²) in [4.78, 5) is 17.3. The number of amidine groups is 1. The number of aliphatic imine (C=N–C) groups is 1. The molecule has 2 saturated heterocycles. The molecule has 0 bridgehead atoms. The molecule has 2 aliphatic heterocycles. The quantitative estimate of drug-likeness (QED) is 0.592. The molecule has 0 saturated carbocycles. The van der Waals surface area contributed by atoms with Crippen LogP contribution >= 0.6 is 11.8 Å². The summed E-state index contributed by atoms with van der Waals surface area (Å²) in [5, 5.41) is -0.750. The van der Waals surface area contributed by atoms with Gasteiger partial charge in [-0.2, -0.15) is 31.3 Å². The molecule has 0 radical (unpaired) electrons. The van der Waals surface area contributed by atoms with Crippen LogP contribution < -0.4 is 4.90 Å². The number of carbonyl (C=O) groups is 1. The van der Waals surface area contributed by atoms with Crippen molar-refractivity contribution < 1.29 is 39.6 Å². The summed E-state index contributed by atoms with van der Waals surface area (Å²) in [7, 11) is -3.54. The van der Waals surface area contributed by atoms with Gasteiger partial charge in [-0.25, -0.2) is 8.42 Å². The van der Waals surface area contributed by atoms with Crippen molar-refractivity contribution in [1.82, 2.24) is 0 Å². The Balaban J connectivity index is 2.17. The number of carbonyl (C=O) groups excluding carboxylic acids is 1. The van der Waals surface area contributed by atoms with Crippen LogP contribution in [0.3, 0.4) is 0 Å². The normalized spacial score (nSPS) is 25.7. The Morgan fingerprint density at radius 2 is 1.68 bits per heavy atom. The Hall–Kier alpha value is -1.76. The van der Waals surface area contributed by atoms with Gasteiger partial charge in [0.15, 0.2) is 15.0 Å². The fourth-order valence-electron chi connectivity index (χ4n) is 3.32. The molecule has 0 unspecified atom stereocenters. The lowest BCUT2D eigenvalue weighted by atomic mass is 10.1. The highest BCUT2D eigenvalue weighted by Crippen LogP contribution is 2.44. The molecule has 1 aromatic carbocycles. The van der Waals surface area contributed by atoms with Gasteiger partial charge in [0.2, 0.25) is 0 Å². The first-order chi connectivity index (χ1) is 14.1. The molecule has 3 rings (SSSR count). The smallest absolute Gasteiger partial charge is 0.316 e. The van der Waals surface area contributed by atoms with E-state index in [-0.39, 0.29) is 17.0 Å². The van der Waals surface area contributed by atoms with E-state index in [0.29, 0.717) is 18.6 Å². The number of fused-ring (bicyclic) bond motifs is 1. The number of thioether (sulfide) groups is 1. The summed E-state index contributed by atoms with van der Waals surface area (Å²) in [6.07, 6.45) is -9.69. The Labute approximate surface area is 178 Å². The molecule has 0 spiro atoms. The number of anilines is 1. The van der Waals surface area contributed by atoms with Crippen LogP contribution in [0.5, 0.6) is 0 Å². The van der Waals surface area contributed by atoms with Gasteiger partial charge in [-0.1, -0.05) is 25.6 Å². The molecular weight excluding hydrogens is 470 g/mol. The van der Waals surface area contributed by atoms with Gasteiger partial charge in [0.1, 0.15) is 0 Å². The van der Waals surface area contributed by atoms with E-state index in [1.807, 2.05) is 0 Å². The third-order valence-corrected chi connectivity index (χ3v) is 8.37. The molecule has 3 atom stereocenters. The molecule has 13 heteroatoms. The van der Waals surface area contributed by atoms with Gasteiger partial charge < -0.3 is 4.90 Å². The average molecular weight is 488 g/mol. The van der Waals surface area contributed by atoms with Gasteiger partial charge in [-0.05, 0) is 24.6 Å². The van der Waals surface area contributed by atoms with Crippen LogP contribution in [0.2, 0.25) is 0 Å². The van der Waals surface area contributed by atoms with Crippen LogP contribution in [0.1, 0.15) is 31.4 Å². The predicted molar refractivity (Wildman–Crippen MR) is 105 cm³/mol. The molecule has 0 N–H and O–H groups in total. The number of nitrogens with zero attached hydrogens (tertiary/aromatic N) is 2. The molecule has 1 aromatic rings. The second-order valence-corrected chi connectivity index (χ2v) is 10.8. The minimum atomic E-state index is -5.06. The summed E-state index contributed by atoms with van der Waals surface area (Å²) >= 11 is 0.883. The second-order valence-electron chi connectivity index (χ2n) is 7.48. The third-order valence-electron chi connectivity index (χ3n) is 5.16. The van der Waals surface area contributed by atoms with E-state index in [4.69, 9.17) is 0 Å². The SMILES string of the molecule is CC[C@H](C)C(=O)N=C1S[C@@H]2CS(=O)(=O)C[C@@H]2N1c1cc(C(F)(F)F)cc(C(F)(F)F)c1. The molecule has 2 heterocycles. The monoisotopic (exact) mass is 488 g/mol. The van der Waals surface area contributed by atoms with Crippen LogP contribution in [0.25, 0.3) is 0 Å². The van der Waals surface area contributed by atoms with E-state index in [1.54, 1.807) is 13.8 Å². The van der Waals surface area contributed by atoms with Crippen LogP contribution in [0, 0.1) is 5.92 Å². The number of hydrogen-bond acceptors (Lipinski definition) is 4. The van der Waals surface area contributed by atoms with Crippen molar-refractivity contribution in [1.29, 1.82) is 0 Å². The van der Waals surface area contributed by atoms with E-state index < -0.39 is 67.9 Å². The van der Waals surface area contributed by atoms with Gasteiger partial charge >= 0.3 is 12.4 Å². The van der Waals surface area contributed by atoms with Crippen molar-refractivity contribution >= 4 is 38.4 Å². The Bertz CT molecular complexity index is 988. The number of halogens is 6. The first-order valence-corrected chi connectivity index (χ1v) is 11.9. The molecule has 2 aliphatic rings. The van der Waals surface area contributed by atoms with E-state index >= 15 is 0 Å². The molecule has 172 valence electrons. The lowest BCUT2D eigenvalue weighted by Crippen LogP contribution is -2.38. The molecule has 2 fully saturated rings. The maximum atomic E-state index is 13.3. The highest BCUT2D eigenvalue weighted by Gasteiger charge is 2.50. The van der Waals surface area contributed by atoms with E-state index in [2.05, 4.69) is 4.99 Å². The number of alkyl halides is 6. The number of amides is 1. The van der Waals surface area contributed by atoms with Crippen molar-refractivity contribution in [2.24, 2.45) is 10.9 Å². The Morgan fingerprint density at radius 3 is 2.16 bits per heavy atom. The summed E-state index contributed by atoms with van der Waals surface area (Å²) < 4.78 is 104. The molecular formula is C18H18F6N2O3S2. The molecule has 1 amide bonds. The topological polar surface area (TPSA) is 66.8 Å². The number of benzene rings is 1. The van der Waals surface area contributed by atoms with E-state index in [0.717, 1.165) is 16.7 Å². The minimum absolute atomic E-state index is 0.00326. The average Bonchev–Trinajstić information content (AvgIpc) is 3.09. The lowest BCUT2D eigenvalue weighted by Gasteiger charge is -2.26. The van der Waals surface area contributed by atoms with Crippen molar-refractivity contribution in [3.63, 3.8) is 0 Å². The van der Waals surface area contributed by atoms with Crippen LogP contribution in [-0.4, -0.2) is 42.3 Å². The summed E-state index contributed by atoms with van der Waals surface area (Å²) in [5.41, 5.74) is -3.56. The number of hydrogen-bond donors (Lipinski definition) is 0. The Morgan fingerprint density at radius 1 is 1.13 bits per heavy atom. The summed E-state index contributed by atoms with van der Waals surface area (Å²) in [6, 6.07) is 0.109. The predicted octanol–water partition coefficient (Wildman–Crippen LogP) is 4.37. The number of rotatable bonds is 3. The fraction of sp³-hybridized carbons (Fsp3) is 0.556. The van der Waals surface area contributed by atoms with Gasteiger partial charge in [0.25, 0.3) is 5.91 Å². The van der Waals surface area contributed by atoms with Gasteiger partial charge in [0.05, 0.1) is 28.7 Å². The number of sulfone groups is 1. The van der Waals surface area contributed by atoms with Gasteiger partial charge in [-0.3, -0.25) is 4.79 Å². The van der Waals surface area contributed by atoms with Crippen molar-refractivity contribution in [3.8, 4) is 0 Å². The molecule has 0 aromatic heterocycles. The standard InChI is InChI=1S/C18H18F6N2O3S2/c1-3-9(2)15(27)25-16-26(13-7-31(28,29)8-14(13)30-16)12-5-10(17(19,20)21)4-11(6-12)18(22,23)24/h4-6,9,13-14H,3,7-8H2,1-2H3/t9-,13-,14+/m0/s1.